The Kier molecular flexibility index (Phi) is 6.26. The van der Waals surface area contributed by atoms with Gasteiger partial charge in [-0.2, -0.15) is 0 Å². The summed E-state index contributed by atoms with van der Waals surface area (Å²) >= 11 is 0. The molecule has 13 rings (SSSR count). The number of rotatable bonds is 2. The minimum atomic E-state index is 1.27. The van der Waals surface area contributed by atoms with Crippen LogP contribution >= 0.6 is 0 Å². The highest BCUT2D eigenvalue weighted by atomic mass is 14.3. The Hall–Kier alpha value is -7.02. The van der Waals surface area contributed by atoms with E-state index in [1.54, 1.807) is 0 Å². The Balaban J connectivity index is 1.33. The van der Waals surface area contributed by atoms with Gasteiger partial charge in [0, 0.05) is 0 Å². The van der Waals surface area contributed by atoms with Crippen molar-refractivity contribution in [1.29, 1.82) is 0 Å². The van der Waals surface area contributed by atoms with Crippen molar-refractivity contribution < 1.29 is 0 Å². The maximum Gasteiger partial charge on any atom is -0.000718 e. The topological polar surface area (TPSA) is 0 Å². The van der Waals surface area contributed by atoms with Crippen LogP contribution in [-0.4, -0.2) is 0 Å². The van der Waals surface area contributed by atoms with Crippen molar-refractivity contribution in [3.05, 3.63) is 180 Å². The summed E-state index contributed by atoms with van der Waals surface area (Å²) in [6.07, 6.45) is 0. The van der Waals surface area contributed by atoms with Crippen LogP contribution in [0.4, 0.5) is 0 Å². The summed E-state index contributed by atoms with van der Waals surface area (Å²) in [5.74, 6) is 0. The van der Waals surface area contributed by atoms with Crippen molar-refractivity contribution in [2.24, 2.45) is 0 Å². The van der Waals surface area contributed by atoms with Crippen molar-refractivity contribution >= 4 is 86.2 Å². The average molecular weight is 735 g/mol. The van der Waals surface area contributed by atoms with E-state index in [1.807, 2.05) is 0 Å². The van der Waals surface area contributed by atoms with Crippen LogP contribution < -0.4 is 0 Å². The summed E-state index contributed by atoms with van der Waals surface area (Å²) in [7, 11) is 0. The van der Waals surface area contributed by atoms with Gasteiger partial charge in [0.15, 0.2) is 0 Å². The highest BCUT2D eigenvalue weighted by Gasteiger charge is 2.33. The lowest BCUT2D eigenvalue weighted by Crippen LogP contribution is -1.96. The molecule has 0 radical (unpaired) electrons. The van der Waals surface area contributed by atoms with Crippen LogP contribution in [0, 0.1) is 27.7 Å². The number of fused-ring (bicyclic) bond motifs is 11. The van der Waals surface area contributed by atoms with E-state index in [4.69, 9.17) is 0 Å². The van der Waals surface area contributed by atoms with Crippen molar-refractivity contribution in [3.63, 3.8) is 0 Å². The van der Waals surface area contributed by atoms with Crippen LogP contribution in [0.3, 0.4) is 0 Å². The fourth-order valence-electron chi connectivity index (χ4n) is 11.2. The van der Waals surface area contributed by atoms with Gasteiger partial charge in [0.2, 0.25) is 0 Å². The summed E-state index contributed by atoms with van der Waals surface area (Å²) in [5.41, 5.74) is 15.7. The first-order valence-electron chi connectivity index (χ1n) is 20.6. The molecule has 0 amide bonds. The van der Waals surface area contributed by atoms with Gasteiger partial charge >= 0.3 is 0 Å². The Morgan fingerprint density at radius 2 is 0.690 bits per heavy atom. The molecule has 0 aromatic heterocycles. The number of benzene rings is 12. The minimum Gasteiger partial charge on any atom is -0.0616 e. The molecule has 0 spiro atoms. The summed E-state index contributed by atoms with van der Waals surface area (Å²) in [5, 5.41) is 21.0. The van der Waals surface area contributed by atoms with E-state index in [2.05, 4.69) is 185 Å². The van der Waals surface area contributed by atoms with Gasteiger partial charge in [-0.3, -0.25) is 0 Å². The van der Waals surface area contributed by atoms with Gasteiger partial charge in [0.05, 0.1) is 0 Å². The third-order valence-electron chi connectivity index (χ3n) is 13.3. The van der Waals surface area contributed by atoms with Gasteiger partial charge in [-0.05, 0) is 189 Å². The molecule has 1 aliphatic carbocycles. The van der Waals surface area contributed by atoms with E-state index in [0.717, 1.165) is 0 Å². The molecule has 0 saturated carbocycles. The largest absolute Gasteiger partial charge is 0.0616 e. The van der Waals surface area contributed by atoms with E-state index in [-0.39, 0.29) is 0 Å². The van der Waals surface area contributed by atoms with Crippen LogP contribution in [0.15, 0.2) is 158 Å². The van der Waals surface area contributed by atoms with Crippen LogP contribution in [-0.2, 0) is 0 Å². The molecule has 58 heavy (non-hydrogen) atoms. The van der Waals surface area contributed by atoms with E-state index in [1.165, 1.54) is 153 Å². The molecule has 270 valence electrons. The van der Waals surface area contributed by atoms with Crippen molar-refractivity contribution in [2.45, 2.75) is 27.7 Å². The summed E-state index contributed by atoms with van der Waals surface area (Å²) < 4.78 is 0. The van der Waals surface area contributed by atoms with E-state index >= 15 is 0 Å². The molecule has 0 saturated heterocycles. The molecule has 0 unspecified atom stereocenters. The molecular weight excluding hydrogens is 697 g/mol. The molecule has 1 aliphatic rings. The molecule has 0 bridgehead atoms. The van der Waals surface area contributed by atoms with Crippen LogP contribution in [0.25, 0.3) is 131 Å². The monoisotopic (exact) mass is 734 g/mol. The van der Waals surface area contributed by atoms with Gasteiger partial charge in [0.1, 0.15) is 0 Å². The van der Waals surface area contributed by atoms with Crippen molar-refractivity contribution in [1.82, 2.24) is 0 Å². The highest BCUT2D eigenvalue weighted by molar-refractivity contribution is 6.37. The quantitative estimate of drug-likeness (QED) is 0.123. The zero-order valence-corrected chi connectivity index (χ0v) is 33.0. The smallest absolute Gasteiger partial charge is 0.000718 e. The van der Waals surface area contributed by atoms with E-state index < -0.39 is 0 Å². The molecule has 0 heterocycles. The predicted molar refractivity (Wildman–Crippen MR) is 252 cm³/mol. The zero-order chi connectivity index (χ0) is 38.6. The van der Waals surface area contributed by atoms with Gasteiger partial charge in [0.25, 0.3) is 0 Å². The van der Waals surface area contributed by atoms with Crippen LogP contribution in [0.1, 0.15) is 22.3 Å². The Morgan fingerprint density at radius 1 is 0.241 bits per heavy atom. The van der Waals surface area contributed by atoms with Gasteiger partial charge in [-0.15, -0.1) is 0 Å². The predicted octanol–water partition coefficient (Wildman–Crippen LogP) is 16.6. The number of hydrogen-bond donors (Lipinski definition) is 0. The third kappa shape index (κ3) is 4.24. The van der Waals surface area contributed by atoms with Crippen molar-refractivity contribution in [2.75, 3.05) is 0 Å². The van der Waals surface area contributed by atoms with Gasteiger partial charge < -0.3 is 0 Å². The second-order valence-corrected chi connectivity index (χ2v) is 17.1. The molecule has 0 nitrogen and oxygen atoms in total. The molecule has 0 N–H and O–H groups in total. The normalized spacial score (nSPS) is 12.5. The number of aryl methyl sites for hydroxylation is 4. The van der Waals surface area contributed by atoms with Gasteiger partial charge in [-0.25, -0.2) is 0 Å². The van der Waals surface area contributed by atoms with Crippen molar-refractivity contribution in [3.8, 4) is 44.5 Å². The Labute approximate surface area is 336 Å². The lowest BCUT2D eigenvalue weighted by molar-refractivity contribution is 1.38. The average Bonchev–Trinajstić information content (AvgIpc) is 3.54. The van der Waals surface area contributed by atoms with E-state index in [0.29, 0.717) is 0 Å². The third-order valence-corrected chi connectivity index (χ3v) is 13.3. The summed E-state index contributed by atoms with van der Waals surface area (Å²) in [6.45, 7) is 8.99. The van der Waals surface area contributed by atoms with E-state index in [9.17, 15) is 0 Å². The first-order valence-corrected chi connectivity index (χ1v) is 20.6. The lowest BCUT2D eigenvalue weighted by atomic mass is 9.80. The molecule has 0 fully saturated rings. The molecule has 0 aliphatic heterocycles. The molecule has 12 aromatic rings. The number of hydrogen-bond acceptors (Lipinski definition) is 0. The summed E-state index contributed by atoms with van der Waals surface area (Å²) in [4.78, 5) is 0. The maximum atomic E-state index is 2.57. The first-order chi connectivity index (χ1) is 28.4. The maximum absolute atomic E-state index is 2.57. The SMILES string of the molecule is Cc1cc(C)cc(-c2c3c(c(-c4cc(C)cc(C)c4)c4cc5c6cc7ccccc7cc6c6ccccc6c5cc24)-c2ccc4ccc5cccc6cc-3c2c4c56)c1. The highest BCUT2D eigenvalue weighted by Crippen LogP contribution is 2.60. The van der Waals surface area contributed by atoms with Crippen LogP contribution in [0.2, 0.25) is 0 Å². The Bertz CT molecular complexity index is 3780. The second kappa shape index (κ2) is 11.3. The second-order valence-electron chi connectivity index (χ2n) is 17.1. The molecular formula is C58H38. The molecule has 0 atom stereocenters. The molecule has 12 aromatic carbocycles. The van der Waals surface area contributed by atoms with Gasteiger partial charge in [-0.1, -0.05) is 150 Å². The Morgan fingerprint density at radius 3 is 1.29 bits per heavy atom. The zero-order valence-electron chi connectivity index (χ0n) is 33.0. The van der Waals surface area contributed by atoms with Crippen LogP contribution in [0.5, 0.6) is 0 Å². The standard InChI is InChI=1S/C58H38/c1-31-20-32(2)23-40(22-31)53-50-30-48-46-27-38-11-6-5-10-37(38)26-45(46)42-14-7-8-15-43(42)47(48)29-49(50)54(41-24-33(3)21-34(4)25-41)58-51-28-39-13-9-12-35-16-17-36-18-19-44(57(53)58)56(51)55(36)52(35)39/h5-30H,1-4H3. The fourth-order valence-corrected chi connectivity index (χ4v) is 11.2. The fraction of sp³-hybridized carbons (Fsp3) is 0.0690. The lowest BCUT2D eigenvalue weighted by Gasteiger charge is -2.23. The minimum absolute atomic E-state index is 1.27. The first kappa shape index (κ1) is 32.1. The molecule has 0 heteroatoms. The summed E-state index contributed by atoms with van der Waals surface area (Å²) in [6, 6.07) is 60.9.